The van der Waals surface area contributed by atoms with Crippen LogP contribution in [0.2, 0.25) is 0 Å². The average molecular weight is 155 g/mol. The van der Waals surface area contributed by atoms with Crippen LogP contribution >= 0.6 is 0 Å². The molecule has 1 amide bonds. The summed E-state index contributed by atoms with van der Waals surface area (Å²) >= 11 is 0. The van der Waals surface area contributed by atoms with Gasteiger partial charge >= 0.3 is 0 Å². The molecule has 1 unspecified atom stereocenters. The lowest BCUT2D eigenvalue weighted by molar-refractivity contribution is -0.120. The van der Waals surface area contributed by atoms with Gasteiger partial charge in [0, 0.05) is 11.5 Å². The van der Waals surface area contributed by atoms with Gasteiger partial charge in [0.05, 0.1) is 0 Å². The van der Waals surface area contributed by atoms with Crippen molar-refractivity contribution in [1.29, 1.82) is 0 Å². The number of carbonyl (C=O) groups is 2. The van der Waals surface area contributed by atoms with Crippen molar-refractivity contribution in [3.05, 3.63) is 12.2 Å². The summed E-state index contributed by atoms with van der Waals surface area (Å²) in [4.78, 5) is 21.2. The second-order valence-corrected chi connectivity index (χ2v) is 2.68. The zero-order valence-electron chi connectivity index (χ0n) is 6.89. The summed E-state index contributed by atoms with van der Waals surface area (Å²) < 4.78 is 0. The molecule has 0 saturated heterocycles. The minimum absolute atomic E-state index is 0.0485. The van der Waals surface area contributed by atoms with E-state index in [2.05, 4.69) is 6.58 Å². The van der Waals surface area contributed by atoms with Crippen molar-refractivity contribution in [3.8, 4) is 0 Å². The molecule has 11 heavy (non-hydrogen) atoms. The van der Waals surface area contributed by atoms with E-state index in [1.54, 1.807) is 6.92 Å². The Labute approximate surface area is 66.3 Å². The summed E-state index contributed by atoms with van der Waals surface area (Å²) in [5.74, 6) is -0.638. The minimum Gasteiger partial charge on any atom is -0.366 e. The third-order valence-corrected chi connectivity index (χ3v) is 1.60. The number of hydrogen-bond acceptors (Lipinski definition) is 2. The highest BCUT2D eigenvalue weighted by atomic mass is 16.1. The first-order valence-electron chi connectivity index (χ1n) is 3.43. The van der Waals surface area contributed by atoms with Gasteiger partial charge in [0.25, 0.3) is 0 Å². The Morgan fingerprint density at radius 3 is 2.27 bits per heavy atom. The van der Waals surface area contributed by atoms with E-state index in [-0.39, 0.29) is 11.7 Å². The van der Waals surface area contributed by atoms with E-state index in [9.17, 15) is 9.59 Å². The molecule has 0 aromatic rings. The van der Waals surface area contributed by atoms with E-state index in [0.29, 0.717) is 12.0 Å². The fourth-order valence-electron chi connectivity index (χ4n) is 0.614. The molecule has 0 saturated carbocycles. The SMILES string of the molecule is C=C(CC(C)C(C)=O)C(N)=O. The molecule has 3 heteroatoms. The maximum atomic E-state index is 10.7. The number of Topliss-reactive ketones (excluding diaryl/α,β-unsaturated/α-hetero) is 1. The minimum atomic E-state index is -0.530. The zero-order valence-corrected chi connectivity index (χ0v) is 6.89. The highest BCUT2D eigenvalue weighted by Gasteiger charge is 2.11. The Morgan fingerprint density at radius 2 is 2.00 bits per heavy atom. The van der Waals surface area contributed by atoms with Gasteiger partial charge in [-0.3, -0.25) is 9.59 Å². The second kappa shape index (κ2) is 3.91. The van der Waals surface area contributed by atoms with Crippen molar-refractivity contribution in [2.45, 2.75) is 20.3 Å². The van der Waals surface area contributed by atoms with Crippen LogP contribution in [0, 0.1) is 5.92 Å². The Morgan fingerprint density at radius 1 is 1.55 bits per heavy atom. The fraction of sp³-hybridized carbons (Fsp3) is 0.500. The molecule has 0 aromatic heterocycles. The molecule has 62 valence electrons. The van der Waals surface area contributed by atoms with Crippen LogP contribution in [0.4, 0.5) is 0 Å². The Hall–Kier alpha value is -1.12. The molecule has 2 N–H and O–H groups in total. The number of rotatable bonds is 4. The quantitative estimate of drug-likeness (QED) is 0.606. The van der Waals surface area contributed by atoms with Crippen LogP contribution in [0.3, 0.4) is 0 Å². The van der Waals surface area contributed by atoms with E-state index in [1.807, 2.05) is 0 Å². The number of primary amides is 1. The first-order valence-corrected chi connectivity index (χ1v) is 3.43. The highest BCUT2D eigenvalue weighted by Crippen LogP contribution is 2.09. The molecule has 0 heterocycles. The summed E-state index contributed by atoms with van der Waals surface area (Å²) in [7, 11) is 0. The van der Waals surface area contributed by atoms with Gasteiger partial charge in [-0.1, -0.05) is 13.5 Å². The molecule has 0 spiro atoms. The summed E-state index contributed by atoms with van der Waals surface area (Å²) in [6.45, 7) is 6.68. The van der Waals surface area contributed by atoms with Crippen molar-refractivity contribution < 1.29 is 9.59 Å². The van der Waals surface area contributed by atoms with Crippen molar-refractivity contribution in [2.75, 3.05) is 0 Å². The molecule has 0 rings (SSSR count). The van der Waals surface area contributed by atoms with Gasteiger partial charge in [0.1, 0.15) is 5.78 Å². The number of carbonyl (C=O) groups excluding carboxylic acids is 2. The Kier molecular flexibility index (Phi) is 3.51. The molecule has 0 aliphatic carbocycles. The van der Waals surface area contributed by atoms with Gasteiger partial charge in [-0.25, -0.2) is 0 Å². The predicted octanol–water partition coefficient (Wildman–Crippen LogP) is 0.643. The van der Waals surface area contributed by atoms with Crippen LogP contribution in [-0.2, 0) is 9.59 Å². The van der Waals surface area contributed by atoms with E-state index in [1.165, 1.54) is 6.92 Å². The lowest BCUT2D eigenvalue weighted by atomic mass is 9.99. The van der Waals surface area contributed by atoms with E-state index >= 15 is 0 Å². The van der Waals surface area contributed by atoms with Crippen molar-refractivity contribution >= 4 is 11.7 Å². The zero-order chi connectivity index (χ0) is 9.02. The van der Waals surface area contributed by atoms with Gasteiger partial charge in [-0.15, -0.1) is 0 Å². The maximum absolute atomic E-state index is 10.7. The average Bonchev–Trinajstić information content (AvgIpc) is 1.87. The standard InChI is InChI=1S/C8H13NO2/c1-5(7(3)10)4-6(2)8(9)11/h5H,2,4H2,1,3H3,(H2,9,11). The lowest BCUT2D eigenvalue weighted by Crippen LogP contribution is -2.17. The van der Waals surface area contributed by atoms with Crippen LogP contribution in [0.15, 0.2) is 12.2 Å². The molecule has 1 atom stereocenters. The maximum Gasteiger partial charge on any atom is 0.244 e. The molecule has 3 nitrogen and oxygen atoms in total. The molecule has 0 aromatic carbocycles. The van der Waals surface area contributed by atoms with Gasteiger partial charge < -0.3 is 5.73 Å². The molecular weight excluding hydrogens is 142 g/mol. The molecule has 0 bridgehead atoms. The van der Waals surface area contributed by atoms with Crippen LogP contribution in [0.1, 0.15) is 20.3 Å². The Bertz CT molecular complexity index is 196. The topological polar surface area (TPSA) is 60.2 Å². The van der Waals surface area contributed by atoms with Crippen LogP contribution in [0.25, 0.3) is 0 Å². The van der Waals surface area contributed by atoms with Crippen LogP contribution in [0.5, 0.6) is 0 Å². The van der Waals surface area contributed by atoms with Crippen molar-refractivity contribution in [1.82, 2.24) is 0 Å². The first kappa shape index (κ1) is 9.88. The van der Waals surface area contributed by atoms with Crippen LogP contribution < -0.4 is 5.73 Å². The molecule has 0 radical (unpaired) electrons. The molecular formula is C8H13NO2. The number of amides is 1. The highest BCUT2D eigenvalue weighted by molar-refractivity contribution is 5.92. The predicted molar refractivity (Wildman–Crippen MR) is 42.8 cm³/mol. The van der Waals surface area contributed by atoms with Crippen LogP contribution in [-0.4, -0.2) is 11.7 Å². The fourth-order valence-corrected chi connectivity index (χ4v) is 0.614. The first-order chi connectivity index (χ1) is 4.95. The number of nitrogens with two attached hydrogens (primary N) is 1. The number of ketones is 1. The van der Waals surface area contributed by atoms with Crippen molar-refractivity contribution in [3.63, 3.8) is 0 Å². The lowest BCUT2D eigenvalue weighted by Gasteiger charge is -2.06. The molecule has 0 fully saturated rings. The van der Waals surface area contributed by atoms with Gasteiger partial charge in [0.2, 0.25) is 5.91 Å². The largest absolute Gasteiger partial charge is 0.366 e. The molecule has 0 aliphatic rings. The summed E-state index contributed by atoms with van der Waals surface area (Å²) in [5, 5.41) is 0. The normalized spacial score (nSPS) is 12.2. The van der Waals surface area contributed by atoms with Gasteiger partial charge in [-0.05, 0) is 13.3 Å². The third kappa shape index (κ3) is 3.55. The van der Waals surface area contributed by atoms with Gasteiger partial charge in [0.15, 0.2) is 0 Å². The molecule has 0 aliphatic heterocycles. The monoisotopic (exact) mass is 155 g/mol. The third-order valence-electron chi connectivity index (χ3n) is 1.60. The smallest absolute Gasteiger partial charge is 0.244 e. The van der Waals surface area contributed by atoms with Crippen molar-refractivity contribution in [2.24, 2.45) is 11.7 Å². The Balaban J connectivity index is 3.95. The summed E-state index contributed by atoms with van der Waals surface area (Å²) in [6, 6.07) is 0. The number of hydrogen-bond donors (Lipinski definition) is 1. The summed E-state index contributed by atoms with van der Waals surface area (Å²) in [5.41, 5.74) is 5.25. The second-order valence-electron chi connectivity index (χ2n) is 2.68. The summed E-state index contributed by atoms with van der Waals surface area (Å²) in [6.07, 6.45) is 0.366. The van der Waals surface area contributed by atoms with Gasteiger partial charge in [-0.2, -0.15) is 0 Å². The van der Waals surface area contributed by atoms with E-state index in [4.69, 9.17) is 5.73 Å². The van der Waals surface area contributed by atoms with E-state index < -0.39 is 5.91 Å². The van der Waals surface area contributed by atoms with E-state index in [0.717, 1.165) is 0 Å².